The molecule has 0 aromatic carbocycles. The van der Waals surface area contributed by atoms with E-state index in [0.717, 1.165) is 31.9 Å². The Labute approximate surface area is 168 Å². The zero-order valence-electron chi connectivity index (χ0n) is 17.7. The fourth-order valence-corrected chi connectivity index (χ4v) is 4.28. The van der Waals surface area contributed by atoms with Crippen LogP contribution in [0.2, 0.25) is 0 Å². The number of urea groups is 1. The minimum atomic E-state index is -0.127. The van der Waals surface area contributed by atoms with Gasteiger partial charge in [-0.2, -0.15) is 0 Å². The summed E-state index contributed by atoms with van der Waals surface area (Å²) in [5.41, 5.74) is -0.126. The first-order valence-corrected chi connectivity index (χ1v) is 10.5. The summed E-state index contributed by atoms with van der Waals surface area (Å²) < 4.78 is 11.5. The summed E-state index contributed by atoms with van der Waals surface area (Å²) in [6.45, 7) is 13.6. The van der Waals surface area contributed by atoms with Crippen molar-refractivity contribution in [3.63, 3.8) is 0 Å². The Balaban J connectivity index is 1.49. The maximum atomic E-state index is 12.5. The lowest BCUT2D eigenvalue weighted by Gasteiger charge is -2.45. The van der Waals surface area contributed by atoms with Gasteiger partial charge in [-0.15, -0.1) is 0 Å². The second kappa shape index (κ2) is 9.29. The molecule has 0 radical (unpaired) electrons. The van der Waals surface area contributed by atoms with Crippen LogP contribution in [0.4, 0.5) is 4.79 Å². The lowest BCUT2D eigenvalue weighted by atomic mass is 10.00. The second-order valence-corrected chi connectivity index (χ2v) is 8.81. The van der Waals surface area contributed by atoms with Crippen LogP contribution in [0.3, 0.4) is 0 Å². The molecule has 2 amide bonds. The van der Waals surface area contributed by atoms with Gasteiger partial charge in [-0.05, 0) is 65.8 Å². The minimum Gasteiger partial charge on any atom is -0.468 e. The number of nitrogens with one attached hydrogen (secondary N) is 2. The van der Waals surface area contributed by atoms with E-state index in [4.69, 9.17) is 9.15 Å². The molecule has 2 N–H and O–H groups in total. The lowest BCUT2D eigenvalue weighted by Crippen LogP contribution is -2.59. The van der Waals surface area contributed by atoms with Gasteiger partial charge in [-0.3, -0.25) is 9.80 Å². The van der Waals surface area contributed by atoms with Crippen molar-refractivity contribution in [3.05, 3.63) is 24.2 Å². The molecule has 3 atom stereocenters. The number of ether oxygens (including phenoxy) is 1. The largest absolute Gasteiger partial charge is 0.468 e. The number of likely N-dealkylation sites (tertiary alicyclic amines) is 1. The predicted molar refractivity (Wildman–Crippen MR) is 109 cm³/mol. The standard InChI is InChI=1S/C21H36N4O3/c1-16-13-25(14-17(2)28-16)21(3,4)15-23-20(26)22-12-18(19-8-7-11-27-19)24-9-5-6-10-24/h7-8,11,16-18H,5-6,9-10,12-15H2,1-4H3,(H2,22,23,26). The number of hydrogen-bond acceptors (Lipinski definition) is 5. The summed E-state index contributed by atoms with van der Waals surface area (Å²) in [5, 5.41) is 6.11. The molecule has 158 valence electrons. The van der Waals surface area contributed by atoms with Gasteiger partial charge in [0.1, 0.15) is 5.76 Å². The van der Waals surface area contributed by atoms with Gasteiger partial charge in [0.25, 0.3) is 0 Å². The first kappa shape index (κ1) is 21.1. The van der Waals surface area contributed by atoms with Gasteiger partial charge in [0, 0.05) is 31.7 Å². The zero-order chi connectivity index (χ0) is 20.1. The normalized spacial score (nSPS) is 25.6. The summed E-state index contributed by atoms with van der Waals surface area (Å²) >= 11 is 0. The molecular weight excluding hydrogens is 356 g/mol. The SMILES string of the molecule is CC1CN(C(C)(C)CNC(=O)NCC(c2ccco2)N2CCCC2)CC(C)O1. The Morgan fingerprint density at radius 2 is 1.89 bits per heavy atom. The molecule has 28 heavy (non-hydrogen) atoms. The Morgan fingerprint density at radius 3 is 2.50 bits per heavy atom. The van der Waals surface area contributed by atoms with Crippen LogP contribution < -0.4 is 10.6 Å². The van der Waals surface area contributed by atoms with Crippen molar-refractivity contribution in [2.45, 2.75) is 64.3 Å². The Hall–Kier alpha value is -1.57. The molecule has 0 saturated carbocycles. The van der Waals surface area contributed by atoms with Crippen LogP contribution in [0.15, 0.2) is 22.8 Å². The molecular formula is C21H36N4O3. The monoisotopic (exact) mass is 392 g/mol. The maximum absolute atomic E-state index is 12.5. The summed E-state index contributed by atoms with van der Waals surface area (Å²) in [5.74, 6) is 0.916. The topological polar surface area (TPSA) is 70.0 Å². The van der Waals surface area contributed by atoms with Crippen LogP contribution in [-0.2, 0) is 4.74 Å². The van der Waals surface area contributed by atoms with Crippen molar-refractivity contribution in [1.82, 2.24) is 20.4 Å². The molecule has 0 spiro atoms. The first-order chi connectivity index (χ1) is 13.3. The molecule has 3 heterocycles. The lowest BCUT2D eigenvalue weighted by molar-refractivity contribution is -0.0947. The average Bonchev–Trinajstić information content (AvgIpc) is 3.34. The molecule has 7 heteroatoms. The third-order valence-corrected chi connectivity index (χ3v) is 5.87. The van der Waals surface area contributed by atoms with Crippen molar-refractivity contribution >= 4 is 6.03 Å². The third-order valence-electron chi connectivity index (χ3n) is 5.87. The molecule has 0 aliphatic carbocycles. The van der Waals surface area contributed by atoms with Crippen molar-refractivity contribution in [2.24, 2.45) is 0 Å². The van der Waals surface area contributed by atoms with Crippen LogP contribution in [-0.4, -0.2) is 72.8 Å². The van der Waals surface area contributed by atoms with E-state index in [1.807, 2.05) is 12.1 Å². The first-order valence-electron chi connectivity index (χ1n) is 10.5. The van der Waals surface area contributed by atoms with Crippen molar-refractivity contribution < 1.29 is 13.9 Å². The van der Waals surface area contributed by atoms with Gasteiger partial charge >= 0.3 is 6.03 Å². The summed E-state index contributed by atoms with van der Waals surface area (Å²) in [6, 6.07) is 3.87. The summed E-state index contributed by atoms with van der Waals surface area (Å²) in [4.78, 5) is 17.3. The highest BCUT2D eigenvalue weighted by Gasteiger charge is 2.33. The van der Waals surface area contributed by atoms with Crippen molar-refractivity contribution in [3.8, 4) is 0 Å². The van der Waals surface area contributed by atoms with Gasteiger partial charge in [0.05, 0.1) is 24.5 Å². The van der Waals surface area contributed by atoms with Gasteiger partial charge in [0.2, 0.25) is 0 Å². The number of carbonyl (C=O) groups excluding carboxylic acids is 1. The molecule has 3 unspecified atom stereocenters. The Kier molecular flexibility index (Phi) is 7.01. The highest BCUT2D eigenvalue weighted by molar-refractivity contribution is 5.73. The Morgan fingerprint density at radius 1 is 1.21 bits per heavy atom. The van der Waals surface area contributed by atoms with Crippen LogP contribution in [0.5, 0.6) is 0 Å². The molecule has 7 nitrogen and oxygen atoms in total. The van der Waals surface area contributed by atoms with E-state index >= 15 is 0 Å². The van der Waals surface area contributed by atoms with Gasteiger partial charge < -0.3 is 19.8 Å². The van der Waals surface area contributed by atoms with E-state index in [0.29, 0.717) is 13.1 Å². The average molecular weight is 393 g/mol. The van der Waals surface area contributed by atoms with E-state index in [1.54, 1.807) is 6.26 Å². The minimum absolute atomic E-state index is 0.0946. The van der Waals surface area contributed by atoms with Gasteiger partial charge in [0.15, 0.2) is 0 Å². The zero-order valence-corrected chi connectivity index (χ0v) is 17.7. The van der Waals surface area contributed by atoms with Crippen LogP contribution >= 0.6 is 0 Å². The smallest absolute Gasteiger partial charge is 0.314 e. The highest BCUT2D eigenvalue weighted by atomic mass is 16.5. The number of furan rings is 1. The number of rotatable bonds is 7. The molecule has 2 aliphatic rings. The molecule has 2 fully saturated rings. The van der Waals surface area contributed by atoms with Gasteiger partial charge in [-0.1, -0.05) is 0 Å². The van der Waals surface area contributed by atoms with Crippen molar-refractivity contribution in [2.75, 3.05) is 39.3 Å². The summed E-state index contributed by atoms with van der Waals surface area (Å²) in [6.07, 6.45) is 4.53. The van der Waals surface area contributed by atoms with Crippen molar-refractivity contribution in [1.29, 1.82) is 0 Å². The molecule has 0 bridgehead atoms. The number of amides is 2. The summed E-state index contributed by atoms with van der Waals surface area (Å²) in [7, 11) is 0. The second-order valence-electron chi connectivity index (χ2n) is 8.81. The highest BCUT2D eigenvalue weighted by Crippen LogP contribution is 2.25. The Bertz CT molecular complexity index is 603. The number of hydrogen-bond donors (Lipinski definition) is 2. The number of carbonyl (C=O) groups is 1. The van der Waals surface area contributed by atoms with E-state index in [2.05, 4.69) is 48.1 Å². The van der Waals surface area contributed by atoms with E-state index < -0.39 is 0 Å². The number of nitrogens with zero attached hydrogens (tertiary/aromatic N) is 2. The van der Waals surface area contributed by atoms with Crippen LogP contribution in [0.1, 0.15) is 52.3 Å². The fourth-order valence-electron chi connectivity index (χ4n) is 4.28. The quantitative estimate of drug-likeness (QED) is 0.746. The van der Waals surface area contributed by atoms with Crippen LogP contribution in [0.25, 0.3) is 0 Å². The van der Waals surface area contributed by atoms with Gasteiger partial charge in [-0.25, -0.2) is 4.79 Å². The third kappa shape index (κ3) is 5.49. The van der Waals surface area contributed by atoms with E-state index in [9.17, 15) is 4.79 Å². The fraction of sp³-hybridized carbons (Fsp3) is 0.762. The molecule has 3 rings (SSSR count). The molecule has 2 saturated heterocycles. The van der Waals surface area contributed by atoms with E-state index in [1.165, 1.54) is 12.8 Å². The van der Waals surface area contributed by atoms with E-state index in [-0.39, 0.29) is 29.8 Å². The number of morpholine rings is 1. The molecule has 1 aromatic rings. The maximum Gasteiger partial charge on any atom is 0.314 e. The predicted octanol–water partition coefficient (Wildman–Crippen LogP) is 2.60. The van der Waals surface area contributed by atoms with Crippen LogP contribution in [0, 0.1) is 0 Å². The molecule has 2 aliphatic heterocycles. The molecule has 1 aromatic heterocycles.